The Kier molecular flexibility index (Phi) is 7.29. The zero-order valence-electron chi connectivity index (χ0n) is 17.9. The number of ether oxygens (including phenoxy) is 1. The van der Waals surface area contributed by atoms with E-state index in [9.17, 15) is 13.2 Å². The van der Waals surface area contributed by atoms with E-state index in [1.165, 1.54) is 16.4 Å². The molecule has 0 bridgehead atoms. The minimum absolute atomic E-state index is 0.152. The van der Waals surface area contributed by atoms with Crippen LogP contribution in [0.15, 0.2) is 83.8 Å². The van der Waals surface area contributed by atoms with Gasteiger partial charge in [0, 0.05) is 36.9 Å². The second-order valence-corrected chi connectivity index (χ2v) is 10.00. The molecule has 1 saturated heterocycles. The van der Waals surface area contributed by atoms with Crippen molar-refractivity contribution in [3.8, 4) is 11.5 Å². The highest BCUT2D eigenvalue weighted by Gasteiger charge is 2.29. The summed E-state index contributed by atoms with van der Waals surface area (Å²) < 4.78 is 32.8. The lowest BCUT2D eigenvalue weighted by atomic mass is 10.3. The van der Waals surface area contributed by atoms with Crippen molar-refractivity contribution in [3.63, 3.8) is 0 Å². The molecule has 33 heavy (non-hydrogen) atoms. The lowest BCUT2D eigenvalue weighted by Gasteiger charge is -2.33. The van der Waals surface area contributed by atoms with E-state index in [4.69, 9.17) is 16.3 Å². The van der Waals surface area contributed by atoms with Gasteiger partial charge in [0.15, 0.2) is 0 Å². The van der Waals surface area contributed by atoms with E-state index in [1.54, 1.807) is 36.4 Å². The molecule has 3 aromatic carbocycles. The van der Waals surface area contributed by atoms with Gasteiger partial charge in [0.1, 0.15) is 11.5 Å². The van der Waals surface area contributed by atoms with Gasteiger partial charge in [-0.15, -0.1) is 0 Å². The number of piperazine rings is 1. The molecule has 0 radical (unpaired) electrons. The number of nitrogens with zero attached hydrogens (tertiary/aromatic N) is 2. The van der Waals surface area contributed by atoms with Crippen molar-refractivity contribution < 1.29 is 17.9 Å². The fourth-order valence-corrected chi connectivity index (χ4v) is 5.07. The maximum absolute atomic E-state index is 12.8. The molecule has 0 atom stereocenters. The van der Waals surface area contributed by atoms with Gasteiger partial charge < -0.3 is 10.1 Å². The van der Waals surface area contributed by atoms with Crippen LogP contribution in [0, 0.1) is 0 Å². The summed E-state index contributed by atoms with van der Waals surface area (Å²) in [5, 5.41) is 3.36. The van der Waals surface area contributed by atoms with Crippen molar-refractivity contribution in [1.29, 1.82) is 0 Å². The number of rotatable bonds is 7. The summed E-state index contributed by atoms with van der Waals surface area (Å²) in [6.45, 7) is 1.79. The van der Waals surface area contributed by atoms with Crippen molar-refractivity contribution in [1.82, 2.24) is 9.21 Å². The first-order valence-corrected chi connectivity index (χ1v) is 12.3. The first-order chi connectivity index (χ1) is 15.9. The molecule has 0 aliphatic carbocycles. The molecule has 0 unspecified atom stereocenters. The summed E-state index contributed by atoms with van der Waals surface area (Å²) in [6, 6.07) is 22.8. The molecule has 0 saturated carbocycles. The molecular formula is C24H24ClN3O4S. The lowest BCUT2D eigenvalue weighted by molar-refractivity contribution is -0.117. The van der Waals surface area contributed by atoms with Gasteiger partial charge in [-0.05, 0) is 60.7 Å². The van der Waals surface area contributed by atoms with Gasteiger partial charge in [-0.3, -0.25) is 9.69 Å². The van der Waals surface area contributed by atoms with Crippen LogP contribution in [0.1, 0.15) is 0 Å². The van der Waals surface area contributed by atoms with E-state index >= 15 is 0 Å². The van der Waals surface area contributed by atoms with Crippen molar-refractivity contribution in [2.45, 2.75) is 4.90 Å². The van der Waals surface area contributed by atoms with Crippen LogP contribution in [0.3, 0.4) is 0 Å². The minimum Gasteiger partial charge on any atom is -0.457 e. The zero-order valence-corrected chi connectivity index (χ0v) is 19.4. The molecule has 1 aliphatic rings. The summed E-state index contributed by atoms with van der Waals surface area (Å²) in [7, 11) is -3.57. The molecule has 172 valence electrons. The maximum atomic E-state index is 12.8. The van der Waals surface area contributed by atoms with Gasteiger partial charge in [-0.1, -0.05) is 29.8 Å². The molecule has 1 heterocycles. The number of carbonyl (C=O) groups is 1. The Morgan fingerprint density at radius 1 is 0.848 bits per heavy atom. The van der Waals surface area contributed by atoms with E-state index in [0.29, 0.717) is 42.6 Å². The molecule has 9 heteroatoms. The van der Waals surface area contributed by atoms with Crippen LogP contribution < -0.4 is 10.1 Å². The van der Waals surface area contributed by atoms with E-state index in [2.05, 4.69) is 5.32 Å². The Labute approximate surface area is 198 Å². The third kappa shape index (κ3) is 6.11. The summed E-state index contributed by atoms with van der Waals surface area (Å²) in [5.41, 5.74) is 0.671. The smallest absolute Gasteiger partial charge is 0.243 e. The third-order valence-corrected chi connectivity index (χ3v) is 7.43. The van der Waals surface area contributed by atoms with Crippen LogP contribution in [0.2, 0.25) is 5.02 Å². The first kappa shape index (κ1) is 23.3. The molecule has 1 aliphatic heterocycles. The molecule has 4 rings (SSSR count). The van der Waals surface area contributed by atoms with Gasteiger partial charge in [0.2, 0.25) is 15.9 Å². The number of hydrogen-bond donors (Lipinski definition) is 1. The fourth-order valence-electron chi connectivity index (χ4n) is 3.52. The largest absolute Gasteiger partial charge is 0.457 e. The standard InChI is InChI=1S/C24H24ClN3O4S/c25-19-6-12-23(13-7-19)33(30,31)28-16-14-27(15-17-28)18-24(29)26-20-8-10-22(11-9-20)32-21-4-2-1-3-5-21/h1-13H,14-18H2,(H,26,29). The molecular weight excluding hydrogens is 462 g/mol. The van der Waals surface area contributed by atoms with Crippen molar-refractivity contribution >= 4 is 33.2 Å². The Bertz CT molecular complexity index is 1180. The van der Waals surface area contributed by atoms with Crippen LogP contribution in [-0.4, -0.2) is 56.3 Å². The van der Waals surface area contributed by atoms with Crippen molar-refractivity contribution in [3.05, 3.63) is 83.9 Å². The van der Waals surface area contributed by atoms with Gasteiger partial charge in [-0.25, -0.2) is 8.42 Å². The highest BCUT2D eigenvalue weighted by molar-refractivity contribution is 7.89. The average Bonchev–Trinajstić information content (AvgIpc) is 2.82. The van der Waals surface area contributed by atoms with Gasteiger partial charge in [0.25, 0.3) is 0 Å². The predicted molar refractivity (Wildman–Crippen MR) is 128 cm³/mol. The molecule has 1 fully saturated rings. The summed E-state index contributed by atoms with van der Waals surface area (Å²) in [4.78, 5) is 14.6. The van der Waals surface area contributed by atoms with Crippen molar-refractivity contribution in [2.24, 2.45) is 0 Å². The first-order valence-electron chi connectivity index (χ1n) is 10.5. The highest BCUT2D eigenvalue weighted by atomic mass is 35.5. The fraction of sp³-hybridized carbons (Fsp3) is 0.208. The number of para-hydroxylation sites is 1. The highest BCUT2D eigenvalue weighted by Crippen LogP contribution is 2.23. The topological polar surface area (TPSA) is 79.0 Å². The zero-order chi connectivity index (χ0) is 23.3. The second-order valence-electron chi connectivity index (χ2n) is 7.62. The van der Waals surface area contributed by atoms with Gasteiger partial charge in [0.05, 0.1) is 11.4 Å². The summed E-state index contributed by atoms with van der Waals surface area (Å²) >= 11 is 5.85. The molecule has 0 spiro atoms. The Balaban J connectivity index is 1.26. The minimum atomic E-state index is -3.57. The van der Waals surface area contributed by atoms with Gasteiger partial charge in [-0.2, -0.15) is 4.31 Å². The Morgan fingerprint density at radius 3 is 2.09 bits per heavy atom. The van der Waals surface area contributed by atoms with E-state index in [-0.39, 0.29) is 17.3 Å². The second kappa shape index (κ2) is 10.4. The molecule has 1 N–H and O–H groups in total. The number of anilines is 1. The monoisotopic (exact) mass is 485 g/mol. The molecule has 0 aromatic heterocycles. The summed E-state index contributed by atoms with van der Waals surface area (Å²) in [5.74, 6) is 1.27. The van der Waals surface area contributed by atoms with E-state index in [1.807, 2.05) is 35.2 Å². The number of sulfonamides is 1. The average molecular weight is 486 g/mol. The lowest BCUT2D eigenvalue weighted by Crippen LogP contribution is -2.50. The summed E-state index contributed by atoms with van der Waals surface area (Å²) in [6.07, 6.45) is 0. The van der Waals surface area contributed by atoms with Crippen molar-refractivity contribution in [2.75, 3.05) is 38.0 Å². The normalized spacial score (nSPS) is 15.2. The van der Waals surface area contributed by atoms with Crippen LogP contribution >= 0.6 is 11.6 Å². The van der Waals surface area contributed by atoms with E-state index in [0.717, 1.165) is 5.75 Å². The third-order valence-electron chi connectivity index (χ3n) is 5.27. The quantitative estimate of drug-likeness (QED) is 0.545. The van der Waals surface area contributed by atoms with Gasteiger partial charge >= 0.3 is 0 Å². The predicted octanol–water partition coefficient (Wildman–Crippen LogP) is 4.08. The Hall–Kier alpha value is -2.91. The van der Waals surface area contributed by atoms with Crippen LogP contribution in [0.4, 0.5) is 5.69 Å². The maximum Gasteiger partial charge on any atom is 0.243 e. The number of benzene rings is 3. The number of amides is 1. The van der Waals surface area contributed by atoms with Crippen LogP contribution in [-0.2, 0) is 14.8 Å². The molecule has 1 amide bonds. The SMILES string of the molecule is O=C(CN1CCN(S(=O)(=O)c2ccc(Cl)cc2)CC1)Nc1ccc(Oc2ccccc2)cc1. The van der Waals surface area contributed by atoms with Crippen LogP contribution in [0.5, 0.6) is 11.5 Å². The Morgan fingerprint density at radius 2 is 1.45 bits per heavy atom. The number of carbonyl (C=O) groups excluding carboxylic acids is 1. The van der Waals surface area contributed by atoms with E-state index < -0.39 is 10.0 Å². The molecule has 7 nitrogen and oxygen atoms in total. The number of halogens is 1. The number of hydrogen-bond acceptors (Lipinski definition) is 5. The molecule has 3 aromatic rings. The van der Waals surface area contributed by atoms with Crippen LogP contribution in [0.25, 0.3) is 0 Å². The number of nitrogens with one attached hydrogen (secondary N) is 1.